The van der Waals surface area contributed by atoms with Crippen molar-refractivity contribution in [2.45, 2.75) is 32.7 Å². The molecule has 26 heavy (non-hydrogen) atoms. The quantitative estimate of drug-likeness (QED) is 0.734. The van der Waals surface area contributed by atoms with Crippen molar-refractivity contribution in [3.8, 4) is 0 Å². The third kappa shape index (κ3) is 3.43. The molecule has 0 unspecified atom stereocenters. The van der Waals surface area contributed by atoms with Gasteiger partial charge in [-0.3, -0.25) is 4.90 Å². The number of rotatable bonds is 5. The first-order valence-corrected chi connectivity index (χ1v) is 8.65. The maximum Gasteiger partial charge on any atom is 0.341 e. The molecule has 0 spiro atoms. The van der Waals surface area contributed by atoms with Crippen LogP contribution in [-0.4, -0.2) is 53.8 Å². The van der Waals surface area contributed by atoms with E-state index in [4.69, 9.17) is 9.63 Å². The van der Waals surface area contributed by atoms with E-state index in [1.54, 1.807) is 6.20 Å². The Kier molecular flexibility index (Phi) is 4.37. The van der Waals surface area contributed by atoms with Crippen molar-refractivity contribution in [3.05, 3.63) is 41.4 Å². The van der Waals surface area contributed by atoms with E-state index in [1.807, 2.05) is 13.1 Å². The van der Waals surface area contributed by atoms with Gasteiger partial charge in [0.2, 0.25) is 5.89 Å². The second-order valence-electron chi connectivity index (χ2n) is 6.75. The van der Waals surface area contributed by atoms with Crippen LogP contribution in [0.1, 0.15) is 40.5 Å². The number of aryl methyl sites for hydroxylation is 1. The number of hydrogen-bond donors (Lipinski definition) is 1. The van der Waals surface area contributed by atoms with Crippen molar-refractivity contribution in [2.75, 3.05) is 13.1 Å². The van der Waals surface area contributed by atoms with Crippen LogP contribution in [-0.2, 0) is 13.0 Å². The zero-order valence-electron chi connectivity index (χ0n) is 14.5. The van der Waals surface area contributed by atoms with Crippen LogP contribution in [0.4, 0.5) is 0 Å². The van der Waals surface area contributed by atoms with Crippen LogP contribution in [0.15, 0.2) is 23.1 Å². The highest BCUT2D eigenvalue weighted by Gasteiger charge is 2.21. The van der Waals surface area contributed by atoms with Gasteiger partial charge in [-0.25, -0.2) is 14.3 Å². The number of fused-ring (bicyclic) bond motifs is 1. The Morgan fingerprint density at radius 1 is 1.35 bits per heavy atom. The highest BCUT2D eigenvalue weighted by atomic mass is 16.5. The molecule has 0 radical (unpaired) electrons. The lowest BCUT2D eigenvalue weighted by Gasteiger charge is -2.31. The summed E-state index contributed by atoms with van der Waals surface area (Å²) in [5.41, 5.74) is 1.51. The molecule has 0 aliphatic carbocycles. The first kappa shape index (κ1) is 16.6. The Hall–Kier alpha value is -2.81. The Balaban J connectivity index is 1.35. The summed E-state index contributed by atoms with van der Waals surface area (Å²) < 4.78 is 6.57. The van der Waals surface area contributed by atoms with Gasteiger partial charge in [-0.05, 0) is 31.8 Å². The van der Waals surface area contributed by atoms with Gasteiger partial charge in [0.25, 0.3) is 0 Å². The largest absolute Gasteiger partial charge is 0.477 e. The summed E-state index contributed by atoms with van der Waals surface area (Å²) >= 11 is 0. The molecule has 1 aliphatic heterocycles. The minimum atomic E-state index is -1.01. The maximum atomic E-state index is 11.1. The average molecular weight is 356 g/mol. The van der Waals surface area contributed by atoms with E-state index in [9.17, 15) is 4.79 Å². The number of carboxylic acid groups (broad SMARTS) is 1. The second-order valence-corrected chi connectivity index (χ2v) is 6.75. The first-order valence-electron chi connectivity index (χ1n) is 8.65. The lowest BCUT2D eigenvalue weighted by atomic mass is 9.93. The number of carbonyl (C=O) groups is 1. The number of likely N-dealkylation sites (tertiary alicyclic amines) is 1. The highest BCUT2D eigenvalue weighted by molar-refractivity contribution is 5.93. The molecule has 0 bridgehead atoms. The van der Waals surface area contributed by atoms with E-state index in [2.05, 4.69) is 25.1 Å². The van der Waals surface area contributed by atoms with Gasteiger partial charge in [-0.2, -0.15) is 10.1 Å². The molecule has 1 fully saturated rings. The van der Waals surface area contributed by atoms with Crippen LogP contribution >= 0.6 is 0 Å². The second kappa shape index (κ2) is 6.83. The minimum absolute atomic E-state index is 0.120. The zero-order valence-corrected chi connectivity index (χ0v) is 14.5. The van der Waals surface area contributed by atoms with Crippen LogP contribution in [0.5, 0.6) is 0 Å². The SMILES string of the molecule is Cc1nc(CC2CCN(Cc3cnc4c(C(=O)O)cnn4c3)CC2)no1. The van der Waals surface area contributed by atoms with Gasteiger partial charge in [-0.15, -0.1) is 0 Å². The Labute approximate surface area is 149 Å². The predicted molar refractivity (Wildman–Crippen MR) is 90.7 cm³/mol. The van der Waals surface area contributed by atoms with E-state index in [0.29, 0.717) is 17.5 Å². The van der Waals surface area contributed by atoms with E-state index in [-0.39, 0.29) is 5.56 Å². The summed E-state index contributed by atoms with van der Waals surface area (Å²) in [4.78, 5) is 22.1. The summed E-state index contributed by atoms with van der Waals surface area (Å²) in [6.07, 6.45) is 7.96. The van der Waals surface area contributed by atoms with Crippen LogP contribution in [0.2, 0.25) is 0 Å². The highest BCUT2D eigenvalue weighted by Crippen LogP contribution is 2.22. The van der Waals surface area contributed by atoms with Gasteiger partial charge in [0.15, 0.2) is 11.5 Å². The first-order chi connectivity index (χ1) is 12.6. The van der Waals surface area contributed by atoms with Crippen LogP contribution in [0.3, 0.4) is 0 Å². The van der Waals surface area contributed by atoms with Crippen molar-refractivity contribution >= 4 is 11.6 Å². The third-order valence-corrected chi connectivity index (χ3v) is 4.79. The fourth-order valence-electron chi connectivity index (χ4n) is 3.44. The lowest BCUT2D eigenvalue weighted by Crippen LogP contribution is -2.34. The summed E-state index contributed by atoms with van der Waals surface area (Å²) in [6, 6.07) is 0. The fraction of sp³-hybridized carbons (Fsp3) is 0.471. The molecular weight excluding hydrogens is 336 g/mol. The number of aromatic carboxylic acids is 1. The number of nitrogens with zero attached hydrogens (tertiary/aromatic N) is 6. The summed E-state index contributed by atoms with van der Waals surface area (Å²) in [5, 5.41) is 17.2. The molecule has 4 heterocycles. The molecule has 0 atom stereocenters. The average Bonchev–Trinajstić information content (AvgIpc) is 3.22. The molecule has 1 aliphatic rings. The molecule has 0 aromatic carbocycles. The van der Waals surface area contributed by atoms with E-state index in [1.165, 1.54) is 10.7 Å². The topological polar surface area (TPSA) is 110 Å². The van der Waals surface area contributed by atoms with Crippen LogP contribution in [0.25, 0.3) is 5.65 Å². The smallest absolute Gasteiger partial charge is 0.341 e. The Bertz CT molecular complexity index is 926. The number of aromatic nitrogens is 5. The maximum absolute atomic E-state index is 11.1. The van der Waals surface area contributed by atoms with Crippen molar-refractivity contribution in [1.82, 2.24) is 29.6 Å². The van der Waals surface area contributed by atoms with Gasteiger partial charge < -0.3 is 9.63 Å². The van der Waals surface area contributed by atoms with E-state index in [0.717, 1.165) is 50.3 Å². The molecule has 9 heteroatoms. The molecular formula is C17H20N6O3. The van der Waals surface area contributed by atoms with Crippen LogP contribution < -0.4 is 0 Å². The molecule has 136 valence electrons. The number of carboxylic acids is 1. The Morgan fingerprint density at radius 3 is 2.85 bits per heavy atom. The fourth-order valence-corrected chi connectivity index (χ4v) is 3.44. The van der Waals surface area contributed by atoms with Gasteiger partial charge in [-0.1, -0.05) is 5.16 Å². The zero-order chi connectivity index (χ0) is 18.1. The van der Waals surface area contributed by atoms with E-state index >= 15 is 0 Å². The van der Waals surface area contributed by atoms with Crippen molar-refractivity contribution in [2.24, 2.45) is 5.92 Å². The normalized spacial score (nSPS) is 16.3. The summed E-state index contributed by atoms with van der Waals surface area (Å²) in [6.45, 7) is 4.58. The Morgan fingerprint density at radius 2 is 2.15 bits per heavy atom. The minimum Gasteiger partial charge on any atom is -0.477 e. The molecule has 3 aromatic heterocycles. The molecule has 4 rings (SSSR count). The van der Waals surface area contributed by atoms with Crippen LogP contribution in [0, 0.1) is 12.8 Å². The molecule has 1 N–H and O–H groups in total. The molecule has 1 saturated heterocycles. The van der Waals surface area contributed by atoms with Gasteiger partial charge in [0.05, 0.1) is 6.20 Å². The van der Waals surface area contributed by atoms with E-state index < -0.39 is 5.97 Å². The summed E-state index contributed by atoms with van der Waals surface area (Å²) in [5.74, 6) is 0.973. The van der Waals surface area contributed by atoms with Crippen molar-refractivity contribution in [3.63, 3.8) is 0 Å². The van der Waals surface area contributed by atoms with Crippen molar-refractivity contribution < 1.29 is 14.4 Å². The van der Waals surface area contributed by atoms with Gasteiger partial charge in [0, 0.05) is 37.8 Å². The molecule has 3 aromatic rings. The molecule has 0 amide bonds. The van der Waals surface area contributed by atoms with Crippen molar-refractivity contribution in [1.29, 1.82) is 0 Å². The predicted octanol–water partition coefficient (Wildman–Crippen LogP) is 1.57. The number of piperidine rings is 1. The van der Waals surface area contributed by atoms with Gasteiger partial charge in [0.1, 0.15) is 5.56 Å². The molecule has 0 saturated carbocycles. The van der Waals surface area contributed by atoms with Gasteiger partial charge >= 0.3 is 5.97 Å². The molecule has 9 nitrogen and oxygen atoms in total. The number of hydrogen-bond acceptors (Lipinski definition) is 7. The lowest BCUT2D eigenvalue weighted by molar-refractivity contribution is 0.0698. The standard InChI is InChI=1S/C17H20N6O3/c1-11-20-15(21-26-11)6-12-2-4-22(5-3-12)9-13-7-18-16-14(17(24)25)8-19-23(16)10-13/h7-8,10,12H,2-6,9H2,1H3,(H,24,25). The third-order valence-electron chi connectivity index (χ3n) is 4.79. The monoisotopic (exact) mass is 356 g/mol. The summed E-state index contributed by atoms with van der Waals surface area (Å²) in [7, 11) is 0.